The fourth-order valence-corrected chi connectivity index (χ4v) is 2.22. The quantitative estimate of drug-likeness (QED) is 0.255. The number of benzene rings is 2. The Balaban J connectivity index is 0.00000338. The van der Waals surface area contributed by atoms with Gasteiger partial charge in [-0.05, 0) is 30.2 Å². The summed E-state index contributed by atoms with van der Waals surface area (Å²) in [6, 6.07) is 18.2. The summed E-state index contributed by atoms with van der Waals surface area (Å²) in [5.41, 5.74) is 2.30. The van der Waals surface area contributed by atoms with Crippen LogP contribution in [0.5, 0.6) is 5.75 Å². The Bertz CT molecular complexity index is 633. The minimum absolute atomic E-state index is 0. The van der Waals surface area contributed by atoms with E-state index in [0.717, 1.165) is 35.9 Å². The van der Waals surface area contributed by atoms with Crippen molar-refractivity contribution in [1.82, 2.24) is 10.6 Å². The van der Waals surface area contributed by atoms with Gasteiger partial charge in [-0.25, -0.2) is 4.99 Å². The molecule has 0 amide bonds. The number of nitrogens with zero attached hydrogens (tertiary/aromatic N) is 1. The van der Waals surface area contributed by atoms with Crippen LogP contribution in [0.2, 0.25) is 0 Å². The summed E-state index contributed by atoms with van der Waals surface area (Å²) >= 11 is 0. The second-order valence-corrected chi connectivity index (χ2v) is 5.53. The van der Waals surface area contributed by atoms with Crippen molar-refractivity contribution in [1.29, 1.82) is 0 Å². The molecule has 0 aromatic heterocycles. The Morgan fingerprint density at radius 1 is 0.962 bits per heavy atom. The summed E-state index contributed by atoms with van der Waals surface area (Å²) in [6.45, 7) is 5.44. The minimum Gasteiger partial charge on any atom is -0.489 e. The molecule has 0 aliphatic carbocycles. The van der Waals surface area contributed by atoms with Crippen LogP contribution in [0.1, 0.15) is 18.1 Å². The first-order chi connectivity index (χ1) is 12.3. The number of ether oxygens (including phenoxy) is 2. The molecule has 0 radical (unpaired) electrons. The molecule has 0 heterocycles. The molecule has 2 aromatic carbocycles. The molecule has 2 rings (SSSR count). The minimum atomic E-state index is 0. The van der Waals surface area contributed by atoms with Crippen LogP contribution in [0.15, 0.2) is 59.6 Å². The van der Waals surface area contributed by atoms with Crippen molar-refractivity contribution < 1.29 is 9.47 Å². The zero-order valence-corrected chi connectivity index (χ0v) is 17.7. The van der Waals surface area contributed by atoms with Crippen molar-refractivity contribution in [2.45, 2.75) is 20.1 Å². The van der Waals surface area contributed by atoms with E-state index in [1.165, 1.54) is 0 Å². The molecule has 2 N–H and O–H groups in total. The van der Waals surface area contributed by atoms with Gasteiger partial charge >= 0.3 is 0 Å². The fraction of sp³-hybridized carbons (Fsp3) is 0.350. The second-order valence-electron chi connectivity index (χ2n) is 5.53. The molecule has 0 aliphatic rings. The lowest BCUT2D eigenvalue weighted by Crippen LogP contribution is -2.38. The van der Waals surface area contributed by atoms with Crippen molar-refractivity contribution in [2.24, 2.45) is 4.99 Å². The molecule has 26 heavy (non-hydrogen) atoms. The molecule has 0 bridgehead atoms. The summed E-state index contributed by atoms with van der Waals surface area (Å²) in [4.78, 5) is 4.58. The van der Waals surface area contributed by atoms with Gasteiger partial charge in [0.05, 0.1) is 13.2 Å². The van der Waals surface area contributed by atoms with Gasteiger partial charge in [-0.15, -0.1) is 24.0 Å². The Morgan fingerprint density at radius 3 is 2.35 bits per heavy atom. The van der Waals surface area contributed by atoms with Gasteiger partial charge in [0.1, 0.15) is 12.4 Å². The van der Waals surface area contributed by atoms with E-state index in [1.807, 2.05) is 49.4 Å². The van der Waals surface area contributed by atoms with E-state index >= 15 is 0 Å². The van der Waals surface area contributed by atoms with Crippen LogP contribution in [0, 0.1) is 0 Å². The largest absolute Gasteiger partial charge is 0.489 e. The highest BCUT2D eigenvalue weighted by Crippen LogP contribution is 2.14. The highest BCUT2D eigenvalue weighted by Gasteiger charge is 1.99. The Labute approximate surface area is 173 Å². The third-order valence-electron chi connectivity index (χ3n) is 3.53. The van der Waals surface area contributed by atoms with Gasteiger partial charge in [0, 0.05) is 20.2 Å². The van der Waals surface area contributed by atoms with Gasteiger partial charge < -0.3 is 20.1 Å². The highest BCUT2D eigenvalue weighted by molar-refractivity contribution is 14.0. The molecule has 0 saturated heterocycles. The monoisotopic (exact) mass is 469 g/mol. The van der Waals surface area contributed by atoms with Crippen LogP contribution >= 0.6 is 24.0 Å². The van der Waals surface area contributed by atoms with E-state index in [0.29, 0.717) is 19.8 Å². The van der Waals surface area contributed by atoms with Crippen LogP contribution in [-0.4, -0.2) is 32.8 Å². The first-order valence-electron chi connectivity index (χ1n) is 8.58. The molecule has 0 saturated carbocycles. The smallest absolute Gasteiger partial charge is 0.191 e. The summed E-state index contributed by atoms with van der Waals surface area (Å²) < 4.78 is 10.8. The maximum absolute atomic E-state index is 5.80. The fourth-order valence-electron chi connectivity index (χ4n) is 2.22. The second kappa shape index (κ2) is 13.4. The molecule has 0 unspecified atom stereocenters. The van der Waals surface area contributed by atoms with Crippen molar-refractivity contribution in [3.63, 3.8) is 0 Å². The average molecular weight is 469 g/mol. The molecule has 0 atom stereocenters. The zero-order valence-electron chi connectivity index (χ0n) is 15.4. The number of rotatable bonds is 9. The number of halogens is 1. The highest BCUT2D eigenvalue weighted by atomic mass is 127. The maximum atomic E-state index is 5.80. The lowest BCUT2D eigenvalue weighted by molar-refractivity contribution is 0.203. The van der Waals surface area contributed by atoms with Gasteiger partial charge in [0.15, 0.2) is 5.96 Å². The summed E-state index contributed by atoms with van der Waals surface area (Å²) in [5.74, 6) is 1.66. The summed E-state index contributed by atoms with van der Waals surface area (Å²) in [5, 5.41) is 6.45. The van der Waals surface area contributed by atoms with Gasteiger partial charge in [-0.1, -0.05) is 42.5 Å². The van der Waals surface area contributed by atoms with Gasteiger partial charge in [0.25, 0.3) is 0 Å². The van der Waals surface area contributed by atoms with E-state index in [1.54, 1.807) is 7.11 Å². The molecule has 142 valence electrons. The molecule has 5 nitrogen and oxygen atoms in total. The van der Waals surface area contributed by atoms with Crippen molar-refractivity contribution in [3.05, 3.63) is 65.7 Å². The number of methoxy groups -OCH3 is 1. The topological polar surface area (TPSA) is 54.9 Å². The average Bonchev–Trinajstić information content (AvgIpc) is 2.66. The van der Waals surface area contributed by atoms with Gasteiger partial charge in [-0.3, -0.25) is 0 Å². The Morgan fingerprint density at radius 2 is 1.69 bits per heavy atom. The third kappa shape index (κ3) is 8.53. The molecular formula is C20H28IN3O2. The van der Waals surface area contributed by atoms with Crippen LogP contribution in [-0.2, 0) is 17.9 Å². The predicted octanol–water partition coefficient (Wildman–Crippen LogP) is 3.59. The normalized spacial score (nSPS) is 10.8. The van der Waals surface area contributed by atoms with E-state index in [4.69, 9.17) is 9.47 Å². The SMILES string of the molecule is CCNC(=NCc1ccc(OCc2ccccc2)cc1)NCCOC.I. The van der Waals surface area contributed by atoms with Crippen LogP contribution < -0.4 is 15.4 Å². The maximum Gasteiger partial charge on any atom is 0.191 e. The zero-order chi connectivity index (χ0) is 17.7. The first kappa shape index (κ1) is 22.2. The predicted molar refractivity (Wildman–Crippen MR) is 117 cm³/mol. The molecule has 0 spiro atoms. The van der Waals surface area contributed by atoms with E-state index in [-0.39, 0.29) is 24.0 Å². The number of aliphatic imine (C=N–C) groups is 1. The van der Waals surface area contributed by atoms with Crippen LogP contribution in [0.25, 0.3) is 0 Å². The Hall–Kier alpha value is -1.80. The number of guanidine groups is 1. The van der Waals surface area contributed by atoms with E-state index in [2.05, 4.69) is 27.8 Å². The lowest BCUT2D eigenvalue weighted by Gasteiger charge is -2.11. The summed E-state index contributed by atoms with van der Waals surface area (Å²) in [6.07, 6.45) is 0. The number of hydrogen-bond donors (Lipinski definition) is 2. The lowest BCUT2D eigenvalue weighted by atomic mass is 10.2. The molecule has 6 heteroatoms. The first-order valence-corrected chi connectivity index (χ1v) is 8.58. The van der Waals surface area contributed by atoms with Crippen molar-refractivity contribution >= 4 is 29.9 Å². The number of hydrogen-bond acceptors (Lipinski definition) is 3. The molecule has 2 aromatic rings. The van der Waals surface area contributed by atoms with Crippen molar-refractivity contribution in [2.75, 3.05) is 26.8 Å². The van der Waals surface area contributed by atoms with E-state index in [9.17, 15) is 0 Å². The van der Waals surface area contributed by atoms with Gasteiger partial charge in [0.2, 0.25) is 0 Å². The Kier molecular flexibility index (Phi) is 11.5. The van der Waals surface area contributed by atoms with Crippen LogP contribution in [0.3, 0.4) is 0 Å². The van der Waals surface area contributed by atoms with Gasteiger partial charge in [-0.2, -0.15) is 0 Å². The standard InChI is InChI=1S/C20H27N3O2.HI/c1-3-21-20(22-13-14-24-2)23-15-17-9-11-19(12-10-17)25-16-18-7-5-4-6-8-18;/h4-12H,3,13-16H2,1-2H3,(H2,21,22,23);1H. The molecular weight excluding hydrogens is 441 g/mol. The number of nitrogens with one attached hydrogen (secondary N) is 2. The van der Waals surface area contributed by atoms with E-state index < -0.39 is 0 Å². The third-order valence-corrected chi connectivity index (χ3v) is 3.53. The molecule has 0 fully saturated rings. The van der Waals surface area contributed by atoms with Crippen molar-refractivity contribution in [3.8, 4) is 5.75 Å². The summed E-state index contributed by atoms with van der Waals surface area (Å²) in [7, 11) is 1.69. The molecule has 0 aliphatic heterocycles. The van der Waals surface area contributed by atoms with Crippen LogP contribution in [0.4, 0.5) is 0 Å².